The third kappa shape index (κ3) is 5.26. The SMILES string of the molecule is CCC(C)C(CCCCn1cc(-c2ccccc2)c2c1/N=C\C/C=C\C2)C(=O)O. The van der Waals surface area contributed by atoms with Crippen molar-refractivity contribution in [2.45, 2.75) is 58.9 Å². The van der Waals surface area contributed by atoms with Crippen LogP contribution in [0.1, 0.15) is 51.5 Å². The van der Waals surface area contributed by atoms with Gasteiger partial charge in [0.05, 0.1) is 5.92 Å². The van der Waals surface area contributed by atoms with E-state index in [1.54, 1.807) is 0 Å². The number of rotatable bonds is 9. The monoisotopic (exact) mass is 392 g/mol. The minimum atomic E-state index is -0.659. The molecule has 0 fully saturated rings. The van der Waals surface area contributed by atoms with Crippen molar-refractivity contribution in [2.75, 3.05) is 0 Å². The van der Waals surface area contributed by atoms with Gasteiger partial charge >= 0.3 is 5.97 Å². The molecule has 1 N–H and O–H groups in total. The number of carbonyl (C=O) groups is 1. The second kappa shape index (κ2) is 10.2. The Morgan fingerprint density at radius 1 is 1.21 bits per heavy atom. The molecule has 2 unspecified atom stereocenters. The van der Waals surface area contributed by atoms with E-state index in [0.29, 0.717) is 0 Å². The molecule has 0 amide bonds. The van der Waals surface area contributed by atoms with Gasteiger partial charge in [-0.15, -0.1) is 0 Å². The van der Waals surface area contributed by atoms with Crippen LogP contribution in [0.3, 0.4) is 0 Å². The Balaban J connectivity index is 1.76. The molecule has 0 aliphatic carbocycles. The maximum atomic E-state index is 11.6. The summed E-state index contributed by atoms with van der Waals surface area (Å²) in [6.07, 6.45) is 13.9. The molecule has 2 atom stereocenters. The summed E-state index contributed by atoms with van der Waals surface area (Å²) in [5.41, 5.74) is 3.73. The van der Waals surface area contributed by atoms with Crippen molar-refractivity contribution in [1.29, 1.82) is 0 Å². The number of nitrogens with zero attached hydrogens (tertiary/aromatic N) is 2. The number of allylic oxidation sites excluding steroid dienone is 2. The van der Waals surface area contributed by atoms with E-state index < -0.39 is 5.97 Å². The van der Waals surface area contributed by atoms with Crippen molar-refractivity contribution in [2.24, 2.45) is 16.8 Å². The van der Waals surface area contributed by atoms with Crippen molar-refractivity contribution in [3.05, 3.63) is 54.2 Å². The second-order valence-electron chi connectivity index (χ2n) is 7.95. The molecule has 0 radical (unpaired) electrons. The van der Waals surface area contributed by atoms with E-state index in [9.17, 15) is 9.90 Å². The summed E-state index contributed by atoms with van der Waals surface area (Å²) in [7, 11) is 0. The van der Waals surface area contributed by atoms with Gasteiger partial charge in [-0.25, -0.2) is 4.99 Å². The van der Waals surface area contributed by atoms with Crippen LogP contribution < -0.4 is 0 Å². The van der Waals surface area contributed by atoms with Crippen LogP contribution in [0.15, 0.2) is 53.7 Å². The van der Waals surface area contributed by atoms with Crippen LogP contribution in [0.4, 0.5) is 5.82 Å². The topological polar surface area (TPSA) is 54.6 Å². The van der Waals surface area contributed by atoms with E-state index in [1.807, 2.05) is 19.2 Å². The molecular weight excluding hydrogens is 360 g/mol. The molecule has 2 aromatic rings. The molecule has 154 valence electrons. The number of carboxylic acid groups (broad SMARTS) is 1. The molecule has 2 heterocycles. The van der Waals surface area contributed by atoms with E-state index in [0.717, 1.165) is 50.9 Å². The van der Waals surface area contributed by atoms with Gasteiger partial charge in [-0.1, -0.05) is 69.2 Å². The van der Waals surface area contributed by atoms with Crippen molar-refractivity contribution in [3.63, 3.8) is 0 Å². The highest BCUT2D eigenvalue weighted by atomic mass is 16.4. The van der Waals surface area contributed by atoms with Crippen LogP contribution in [-0.2, 0) is 17.8 Å². The smallest absolute Gasteiger partial charge is 0.306 e. The van der Waals surface area contributed by atoms with Crippen LogP contribution >= 0.6 is 0 Å². The average Bonchev–Trinajstić information content (AvgIpc) is 3.04. The fourth-order valence-electron chi connectivity index (χ4n) is 4.06. The second-order valence-corrected chi connectivity index (χ2v) is 7.95. The van der Waals surface area contributed by atoms with Gasteiger partial charge in [0.2, 0.25) is 0 Å². The number of aromatic nitrogens is 1. The number of aliphatic imine (C=N–C) groups is 1. The Morgan fingerprint density at radius 3 is 2.72 bits per heavy atom. The van der Waals surface area contributed by atoms with E-state index in [-0.39, 0.29) is 11.8 Å². The lowest BCUT2D eigenvalue weighted by Crippen LogP contribution is -2.21. The molecule has 1 aromatic heterocycles. The number of aryl methyl sites for hydroxylation is 1. The lowest BCUT2D eigenvalue weighted by atomic mass is 9.87. The van der Waals surface area contributed by atoms with Crippen molar-refractivity contribution < 1.29 is 9.90 Å². The summed E-state index contributed by atoms with van der Waals surface area (Å²) in [4.78, 5) is 16.3. The normalized spacial score (nSPS) is 17.6. The van der Waals surface area contributed by atoms with Gasteiger partial charge in [0.25, 0.3) is 0 Å². The number of hydrogen-bond acceptors (Lipinski definition) is 2. The maximum Gasteiger partial charge on any atom is 0.306 e. The van der Waals surface area contributed by atoms with Gasteiger partial charge in [-0.2, -0.15) is 0 Å². The van der Waals surface area contributed by atoms with Crippen LogP contribution in [-0.4, -0.2) is 21.9 Å². The first-order valence-corrected chi connectivity index (χ1v) is 10.8. The van der Waals surface area contributed by atoms with E-state index in [4.69, 9.17) is 4.99 Å². The highest BCUT2D eigenvalue weighted by molar-refractivity contribution is 5.76. The minimum absolute atomic E-state index is 0.222. The Morgan fingerprint density at radius 2 is 2.00 bits per heavy atom. The number of aliphatic carboxylic acids is 1. The van der Waals surface area contributed by atoms with Crippen LogP contribution in [0.5, 0.6) is 0 Å². The molecule has 0 bridgehead atoms. The molecule has 0 saturated heterocycles. The Kier molecular flexibility index (Phi) is 7.45. The first-order valence-electron chi connectivity index (χ1n) is 10.8. The van der Waals surface area contributed by atoms with Crippen molar-refractivity contribution in [1.82, 2.24) is 4.57 Å². The third-order valence-electron chi connectivity index (χ3n) is 5.99. The van der Waals surface area contributed by atoms with Crippen LogP contribution in [0.25, 0.3) is 11.1 Å². The lowest BCUT2D eigenvalue weighted by molar-refractivity contribution is -0.143. The molecule has 3 rings (SSSR count). The number of fused-ring (bicyclic) bond motifs is 1. The summed E-state index contributed by atoms with van der Waals surface area (Å²) in [5.74, 6) is 0.367. The molecule has 0 spiro atoms. The quantitative estimate of drug-likeness (QED) is 0.403. The van der Waals surface area contributed by atoms with Gasteiger partial charge in [0.15, 0.2) is 0 Å². The average molecular weight is 393 g/mol. The van der Waals surface area contributed by atoms with Crippen LogP contribution in [0, 0.1) is 11.8 Å². The maximum absolute atomic E-state index is 11.6. The number of carboxylic acids is 1. The predicted octanol–water partition coefficient (Wildman–Crippen LogP) is 6.28. The van der Waals surface area contributed by atoms with Gasteiger partial charge in [-0.05, 0) is 30.7 Å². The molecule has 0 saturated carbocycles. The van der Waals surface area contributed by atoms with Gasteiger partial charge in [0.1, 0.15) is 5.82 Å². The number of hydrogen-bond donors (Lipinski definition) is 1. The first kappa shape index (κ1) is 21.1. The summed E-state index contributed by atoms with van der Waals surface area (Å²) in [5, 5.41) is 9.51. The highest BCUT2D eigenvalue weighted by Gasteiger charge is 2.23. The molecule has 1 aliphatic rings. The fraction of sp³-hybridized carbons (Fsp3) is 0.440. The Labute approximate surface area is 174 Å². The van der Waals surface area contributed by atoms with Crippen LogP contribution in [0.2, 0.25) is 0 Å². The molecule has 1 aromatic carbocycles. The predicted molar refractivity (Wildman–Crippen MR) is 120 cm³/mol. The zero-order chi connectivity index (χ0) is 20.6. The molecule has 4 nitrogen and oxygen atoms in total. The standard InChI is InChI=1S/C25H32N2O2/c1-3-19(2)21(25(28)29)14-9-11-17-27-18-23(20-12-6-4-7-13-20)22-15-8-5-10-16-26-24(22)27/h4-8,12-13,16,18-19,21H,3,9-11,14-15,17H2,1-2H3,(H,28,29)/b8-5-,26-16-. The zero-order valence-electron chi connectivity index (χ0n) is 17.6. The molecule has 1 aliphatic heterocycles. The van der Waals surface area contributed by atoms with Crippen molar-refractivity contribution >= 4 is 18.0 Å². The lowest BCUT2D eigenvalue weighted by Gasteiger charge is -2.18. The third-order valence-corrected chi connectivity index (χ3v) is 5.99. The molecule has 29 heavy (non-hydrogen) atoms. The molecule has 4 heteroatoms. The summed E-state index contributed by atoms with van der Waals surface area (Å²) in [6.45, 7) is 4.97. The van der Waals surface area contributed by atoms with Gasteiger partial charge < -0.3 is 9.67 Å². The highest BCUT2D eigenvalue weighted by Crippen LogP contribution is 2.35. The summed E-state index contributed by atoms with van der Waals surface area (Å²) < 4.78 is 2.26. The summed E-state index contributed by atoms with van der Waals surface area (Å²) >= 11 is 0. The fourth-order valence-corrected chi connectivity index (χ4v) is 4.06. The van der Waals surface area contributed by atoms with E-state index in [1.165, 1.54) is 16.7 Å². The Bertz CT molecular complexity index is 864. The summed E-state index contributed by atoms with van der Waals surface area (Å²) in [6, 6.07) is 10.5. The van der Waals surface area contributed by atoms with E-state index >= 15 is 0 Å². The van der Waals surface area contributed by atoms with Crippen molar-refractivity contribution in [3.8, 4) is 11.1 Å². The number of unbranched alkanes of at least 4 members (excludes halogenated alkanes) is 1. The van der Waals surface area contributed by atoms with Gasteiger partial charge in [-0.3, -0.25) is 4.79 Å². The minimum Gasteiger partial charge on any atom is -0.481 e. The zero-order valence-corrected chi connectivity index (χ0v) is 17.6. The van der Waals surface area contributed by atoms with E-state index in [2.05, 4.69) is 54.1 Å². The first-order chi connectivity index (χ1) is 14.1. The van der Waals surface area contributed by atoms with Gasteiger partial charge in [0, 0.05) is 36.5 Å². The number of benzene rings is 1. The Hall–Kier alpha value is -2.62. The molecular formula is C25H32N2O2. The largest absolute Gasteiger partial charge is 0.481 e.